The summed E-state index contributed by atoms with van der Waals surface area (Å²) in [4.78, 5) is 22.2. The van der Waals surface area contributed by atoms with Crippen molar-refractivity contribution < 1.29 is 27.9 Å². The van der Waals surface area contributed by atoms with Crippen LogP contribution in [0.1, 0.15) is 20.3 Å². The number of aliphatic carboxylic acids is 1. The molecule has 0 heterocycles. The second-order valence-electron chi connectivity index (χ2n) is 4.31. The number of amides is 1. The minimum Gasteiger partial charge on any atom is -0.480 e. The molecule has 0 spiro atoms. The molecular weight excluding hydrogens is 271 g/mol. The van der Waals surface area contributed by atoms with E-state index >= 15 is 0 Å². The van der Waals surface area contributed by atoms with Crippen molar-refractivity contribution in [2.24, 2.45) is 11.8 Å². The van der Waals surface area contributed by atoms with E-state index < -0.39 is 35.8 Å². The second-order valence-corrected chi connectivity index (χ2v) is 4.67. The van der Waals surface area contributed by atoms with E-state index in [1.54, 1.807) is 13.8 Å². The zero-order chi connectivity index (χ0) is 14.5. The predicted octanol–water partition coefficient (Wildman–Crippen LogP) is 1.71. The molecule has 106 valence electrons. The number of alkyl halides is 3. The second kappa shape index (κ2) is 6.86. The normalized spacial score (nSPS) is 15.3. The zero-order valence-electron chi connectivity index (χ0n) is 9.99. The molecule has 0 aromatic heterocycles. The first-order valence-corrected chi connectivity index (χ1v) is 5.93. The maximum Gasteiger partial charge on any atom is 0.401 e. The summed E-state index contributed by atoms with van der Waals surface area (Å²) in [6.45, 7) is 3.42. The fourth-order valence-electron chi connectivity index (χ4n) is 1.30. The number of carbonyl (C=O) groups is 2. The third-order valence-electron chi connectivity index (χ3n) is 2.22. The Hall–Kier alpha value is -0.920. The number of hydrogen-bond donors (Lipinski definition) is 3. The summed E-state index contributed by atoms with van der Waals surface area (Å²) in [5.74, 6) is -5.78. The van der Waals surface area contributed by atoms with Crippen LogP contribution in [0, 0.1) is 11.8 Å². The van der Waals surface area contributed by atoms with Gasteiger partial charge in [0.25, 0.3) is 0 Å². The molecule has 2 atom stereocenters. The first kappa shape index (κ1) is 17.1. The van der Waals surface area contributed by atoms with E-state index in [1.165, 1.54) is 0 Å². The molecule has 0 aliphatic rings. The summed E-state index contributed by atoms with van der Waals surface area (Å²) in [5.41, 5.74) is 0. The van der Waals surface area contributed by atoms with E-state index in [0.29, 0.717) is 0 Å². The third-order valence-corrected chi connectivity index (χ3v) is 2.58. The van der Waals surface area contributed by atoms with Crippen LogP contribution in [0.3, 0.4) is 0 Å². The Balaban J connectivity index is 4.73. The van der Waals surface area contributed by atoms with Gasteiger partial charge >= 0.3 is 12.1 Å². The number of nitrogens with one attached hydrogen (secondary N) is 1. The summed E-state index contributed by atoms with van der Waals surface area (Å²) in [6, 6.07) is -1.32. The highest BCUT2D eigenvalue weighted by atomic mass is 32.1. The summed E-state index contributed by atoms with van der Waals surface area (Å²) in [7, 11) is 0. The van der Waals surface area contributed by atoms with Gasteiger partial charge < -0.3 is 10.4 Å². The first-order valence-electron chi connectivity index (χ1n) is 5.30. The molecule has 0 aliphatic carbocycles. The molecule has 18 heavy (non-hydrogen) atoms. The van der Waals surface area contributed by atoms with E-state index in [0.717, 1.165) is 0 Å². The van der Waals surface area contributed by atoms with E-state index in [-0.39, 0.29) is 12.3 Å². The minimum atomic E-state index is -4.73. The van der Waals surface area contributed by atoms with Crippen LogP contribution in [0.4, 0.5) is 13.2 Å². The molecule has 1 unspecified atom stereocenters. The smallest absolute Gasteiger partial charge is 0.401 e. The van der Waals surface area contributed by atoms with E-state index in [9.17, 15) is 22.8 Å². The maximum absolute atomic E-state index is 12.4. The van der Waals surface area contributed by atoms with E-state index in [2.05, 4.69) is 12.6 Å². The number of carboxylic acids is 1. The van der Waals surface area contributed by atoms with Crippen molar-refractivity contribution in [1.82, 2.24) is 5.32 Å². The van der Waals surface area contributed by atoms with Crippen molar-refractivity contribution in [3.05, 3.63) is 0 Å². The molecule has 4 nitrogen and oxygen atoms in total. The van der Waals surface area contributed by atoms with Crippen LogP contribution in [0.25, 0.3) is 0 Å². The van der Waals surface area contributed by atoms with Gasteiger partial charge in [-0.15, -0.1) is 0 Å². The molecule has 1 amide bonds. The van der Waals surface area contributed by atoms with Crippen LogP contribution in [0.5, 0.6) is 0 Å². The molecule has 2 N–H and O–H groups in total. The van der Waals surface area contributed by atoms with Crippen molar-refractivity contribution in [2.75, 3.05) is 5.75 Å². The molecule has 0 aromatic rings. The van der Waals surface area contributed by atoms with Gasteiger partial charge in [0.15, 0.2) is 0 Å². The molecule has 0 saturated carbocycles. The zero-order valence-corrected chi connectivity index (χ0v) is 10.9. The number of hydrogen-bond acceptors (Lipinski definition) is 3. The highest BCUT2D eigenvalue weighted by Gasteiger charge is 2.44. The fourth-order valence-corrected chi connectivity index (χ4v) is 1.67. The van der Waals surface area contributed by atoms with Gasteiger partial charge in [-0.2, -0.15) is 25.8 Å². The van der Waals surface area contributed by atoms with Crippen LogP contribution >= 0.6 is 12.6 Å². The third kappa shape index (κ3) is 5.61. The van der Waals surface area contributed by atoms with E-state index in [1.807, 2.05) is 5.32 Å². The average molecular weight is 287 g/mol. The topological polar surface area (TPSA) is 66.4 Å². The Morgan fingerprint density at radius 3 is 2.11 bits per heavy atom. The average Bonchev–Trinajstić information content (AvgIpc) is 2.14. The van der Waals surface area contributed by atoms with Crippen molar-refractivity contribution in [1.29, 1.82) is 0 Å². The maximum atomic E-state index is 12.4. The number of carboxylic acid groups (broad SMARTS) is 1. The van der Waals surface area contributed by atoms with Gasteiger partial charge in [0.1, 0.15) is 12.0 Å². The van der Waals surface area contributed by atoms with Gasteiger partial charge in [0.05, 0.1) is 0 Å². The predicted molar refractivity (Wildman–Crippen MR) is 62.4 cm³/mol. The molecule has 0 aliphatic heterocycles. The largest absolute Gasteiger partial charge is 0.480 e. The lowest BCUT2D eigenvalue weighted by molar-refractivity contribution is -0.179. The van der Waals surface area contributed by atoms with Crippen LogP contribution in [-0.4, -0.2) is 35.0 Å². The summed E-state index contributed by atoms with van der Waals surface area (Å²) >= 11 is 3.46. The summed E-state index contributed by atoms with van der Waals surface area (Å²) in [6.07, 6.45) is -4.66. The van der Waals surface area contributed by atoms with Gasteiger partial charge in [-0.3, -0.25) is 4.79 Å². The van der Waals surface area contributed by atoms with Crippen molar-refractivity contribution in [3.63, 3.8) is 0 Å². The van der Waals surface area contributed by atoms with E-state index in [4.69, 9.17) is 5.11 Å². The Morgan fingerprint density at radius 1 is 1.33 bits per heavy atom. The monoisotopic (exact) mass is 287 g/mol. The lowest BCUT2D eigenvalue weighted by Crippen LogP contribution is -2.48. The Labute approximate surface area is 108 Å². The van der Waals surface area contributed by atoms with Crippen LogP contribution in [-0.2, 0) is 9.59 Å². The molecule has 0 saturated heterocycles. The van der Waals surface area contributed by atoms with Crippen molar-refractivity contribution in [3.8, 4) is 0 Å². The lowest BCUT2D eigenvalue weighted by atomic mass is 10.0. The standard InChI is InChI=1S/C10H16F3NO3S/c1-5(2)3-7(9(16)17)14-8(15)6(4-18)10(11,12)13/h5-7,18H,3-4H2,1-2H3,(H,14,15)(H,16,17)/t6?,7-/m0/s1. The molecule has 8 heteroatoms. The number of halogens is 3. The van der Waals surface area contributed by atoms with Gasteiger partial charge in [0.2, 0.25) is 5.91 Å². The molecular formula is C10H16F3NO3S. The molecule has 0 aromatic carbocycles. The van der Waals surface area contributed by atoms with Gasteiger partial charge in [0, 0.05) is 5.75 Å². The van der Waals surface area contributed by atoms with Crippen LogP contribution in [0.2, 0.25) is 0 Å². The number of rotatable bonds is 6. The van der Waals surface area contributed by atoms with Crippen molar-refractivity contribution >= 4 is 24.5 Å². The Bertz CT molecular complexity index is 307. The van der Waals surface area contributed by atoms with Gasteiger partial charge in [-0.1, -0.05) is 13.8 Å². The summed E-state index contributed by atoms with van der Waals surface area (Å²) < 4.78 is 37.3. The number of carbonyl (C=O) groups excluding carboxylic acids is 1. The van der Waals surface area contributed by atoms with Gasteiger partial charge in [-0.25, -0.2) is 4.79 Å². The highest BCUT2D eigenvalue weighted by Crippen LogP contribution is 2.27. The molecule has 0 fully saturated rings. The first-order chi connectivity index (χ1) is 8.09. The number of thiol groups is 1. The minimum absolute atomic E-state index is 0.0632. The molecule has 0 rings (SSSR count). The SMILES string of the molecule is CC(C)C[C@H](NC(=O)C(CS)C(F)(F)F)C(=O)O. The van der Waals surface area contributed by atoms with Crippen LogP contribution < -0.4 is 5.32 Å². The molecule has 0 bridgehead atoms. The van der Waals surface area contributed by atoms with Crippen molar-refractivity contribution in [2.45, 2.75) is 32.5 Å². The fraction of sp³-hybridized carbons (Fsp3) is 0.800. The van der Waals surface area contributed by atoms with Crippen LogP contribution in [0.15, 0.2) is 0 Å². The highest BCUT2D eigenvalue weighted by molar-refractivity contribution is 7.80. The Morgan fingerprint density at radius 2 is 1.83 bits per heavy atom. The van der Waals surface area contributed by atoms with Gasteiger partial charge in [-0.05, 0) is 12.3 Å². The summed E-state index contributed by atoms with van der Waals surface area (Å²) in [5, 5.41) is 10.7. The lowest BCUT2D eigenvalue weighted by Gasteiger charge is -2.21. The molecule has 0 radical (unpaired) electrons. The Kier molecular flexibility index (Phi) is 6.51. The quantitative estimate of drug-likeness (QED) is 0.652.